The monoisotopic (exact) mass is 252 g/mol. The average molecular weight is 252 g/mol. The predicted molar refractivity (Wildman–Crippen MR) is 73.7 cm³/mol. The molecule has 1 saturated carbocycles. The third-order valence-corrected chi connectivity index (χ3v) is 3.52. The number of hydrogen-bond donors (Lipinski definition) is 2. The molecule has 0 bridgehead atoms. The Bertz CT molecular complexity index is 383. The average Bonchev–Trinajstić information content (AvgIpc) is 2.96. The highest BCUT2D eigenvalue weighted by atomic mass is 16.5. The zero-order valence-corrected chi connectivity index (χ0v) is 11.4. The van der Waals surface area contributed by atoms with Crippen molar-refractivity contribution in [3.05, 3.63) is 5.69 Å². The molecule has 102 valence electrons. The second-order valence-electron chi connectivity index (χ2n) is 4.87. The molecule has 5 nitrogen and oxygen atoms in total. The van der Waals surface area contributed by atoms with Crippen LogP contribution in [0, 0.1) is 6.92 Å². The van der Waals surface area contributed by atoms with Gasteiger partial charge in [0.25, 0.3) is 0 Å². The van der Waals surface area contributed by atoms with Gasteiger partial charge in [-0.15, -0.1) is 0 Å². The molecule has 1 fully saturated rings. The van der Waals surface area contributed by atoms with Crippen molar-refractivity contribution in [2.24, 2.45) is 0 Å². The number of nitrogens with zero attached hydrogens (tertiary/aromatic N) is 2. The molecule has 2 rings (SSSR count). The fraction of sp³-hybridized carbons (Fsp3) is 0.769. The van der Waals surface area contributed by atoms with E-state index in [9.17, 15) is 0 Å². The number of aryl methyl sites for hydroxylation is 2. The maximum absolute atomic E-state index is 6.00. The lowest BCUT2D eigenvalue weighted by Crippen LogP contribution is -2.17. The summed E-state index contributed by atoms with van der Waals surface area (Å²) in [5.74, 6) is 0.921. The molecule has 0 unspecified atom stereocenters. The van der Waals surface area contributed by atoms with Crippen LogP contribution < -0.4 is 11.1 Å². The quantitative estimate of drug-likeness (QED) is 0.761. The van der Waals surface area contributed by atoms with Crippen molar-refractivity contribution >= 4 is 11.5 Å². The van der Waals surface area contributed by atoms with Crippen LogP contribution in [-0.2, 0) is 11.3 Å². The van der Waals surface area contributed by atoms with Gasteiger partial charge in [0.1, 0.15) is 5.82 Å². The Hall–Kier alpha value is -1.23. The summed E-state index contributed by atoms with van der Waals surface area (Å²) >= 11 is 0. The van der Waals surface area contributed by atoms with Crippen molar-refractivity contribution in [2.75, 3.05) is 24.2 Å². The first-order valence-corrected chi connectivity index (χ1v) is 6.90. The second-order valence-corrected chi connectivity index (χ2v) is 4.87. The molecule has 1 heterocycles. The number of nitrogens with one attached hydrogen (secondary N) is 1. The molecule has 0 amide bonds. The highest BCUT2D eigenvalue weighted by molar-refractivity contribution is 5.64. The first kappa shape index (κ1) is 13.2. The molecule has 1 aromatic rings. The maximum atomic E-state index is 6.00. The van der Waals surface area contributed by atoms with E-state index in [4.69, 9.17) is 10.5 Å². The third-order valence-electron chi connectivity index (χ3n) is 3.52. The van der Waals surface area contributed by atoms with Crippen LogP contribution in [0.1, 0.15) is 38.3 Å². The molecule has 5 heteroatoms. The van der Waals surface area contributed by atoms with Gasteiger partial charge in [-0.05, 0) is 26.7 Å². The molecule has 1 aromatic heterocycles. The highest BCUT2D eigenvalue weighted by Gasteiger charge is 2.15. The van der Waals surface area contributed by atoms with Gasteiger partial charge in [-0.25, -0.2) is 4.68 Å². The van der Waals surface area contributed by atoms with Crippen LogP contribution in [0.3, 0.4) is 0 Å². The molecule has 0 atom stereocenters. The number of nitrogens with two attached hydrogens (primary N) is 1. The lowest BCUT2D eigenvalue weighted by Gasteiger charge is -2.13. The van der Waals surface area contributed by atoms with E-state index in [0.717, 1.165) is 36.9 Å². The van der Waals surface area contributed by atoms with Crippen LogP contribution >= 0.6 is 0 Å². The summed E-state index contributed by atoms with van der Waals surface area (Å²) in [6.45, 7) is 6.33. The van der Waals surface area contributed by atoms with Crippen LogP contribution in [-0.4, -0.2) is 29.0 Å². The van der Waals surface area contributed by atoms with Gasteiger partial charge >= 0.3 is 0 Å². The zero-order chi connectivity index (χ0) is 13.0. The van der Waals surface area contributed by atoms with E-state index >= 15 is 0 Å². The Kier molecular flexibility index (Phi) is 4.47. The lowest BCUT2D eigenvalue weighted by atomic mass is 10.3. The molecule has 0 aliphatic heterocycles. The van der Waals surface area contributed by atoms with Crippen LogP contribution in [0.2, 0.25) is 0 Å². The number of aromatic nitrogens is 2. The standard InChI is InChI=1S/C13H24N4O/c1-3-17-13(12(14)10(2)16-17)15-8-9-18-11-6-4-5-7-11/h11,15H,3-9,14H2,1-2H3. The van der Waals surface area contributed by atoms with Crippen molar-refractivity contribution in [1.82, 2.24) is 9.78 Å². The van der Waals surface area contributed by atoms with Crippen LogP contribution in [0.15, 0.2) is 0 Å². The Balaban J connectivity index is 1.78. The minimum absolute atomic E-state index is 0.474. The summed E-state index contributed by atoms with van der Waals surface area (Å²) in [6.07, 6.45) is 5.53. The minimum atomic E-state index is 0.474. The van der Waals surface area contributed by atoms with E-state index in [1.165, 1.54) is 25.7 Å². The number of ether oxygens (including phenoxy) is 1. The van der Waals surface area contributed by atoms with Crippen LogP contribution in [0.5, 0.6) is 0 Å². The summed E-state index contributed by atoms with van der Waals surface area (Å²) in [6, 6.07) is 0. The minimum Gasteiger partial charge on any atom is -0.394 e. The molecule has 0 spiro atoms. The van der Waals surface area contributed by atoms with Gasteiger partial charge in [-0.2, -0.15) is 5.10 Å². The fourth-order valence-electron chi connectivity index (χ4n) is 2.46. The van der Waals surface area contributed by atoms with Crippen molar-refractivity contribution in [1.29, 1.82) is 0 Å². The summed E-state index contributed by atoms with van der Waals surface area (Å²) in [4.78, 5) is 0. The largest absolute Gasteiger partial charge is 0.394 e. The molecule has 0 aromatic carbocycles. The molecule has 1 aliphatic carbocycles. The summed E-state index contributed by atoms with van der Waals surface area (Å²) in [7, 11) is 0. The molecule has 18 heavy (non-hydrogen) atoms. The second kappa shape index (κ2) is 6.09. The van der Waals surface area contributed by atoms with Gasteiger partial charge in [0.05, 0.1) is 24.1 Å². The Morgan fingerprint density at radius 1 is 1.44 bits per heavy atom. The van der Waals surface area contributed by atoms with Gasteiger partial charge in [-0.3, -0.25) is 0 Å². The van der Waals surface area contributed by atoms with Crippen molar-refractivity contribution in [3.63, 3.8) is 0 Å². The smallest absolute Gasteiger partial charge is 0.148 e. The van der Waals surface area contributed by atoms with Crippen molar-refractivity contribution < 1.29 is 4.74 Å². The first-order chi connectivity index (χ1) is 8.72. The Labute approximate surface area is 109 Å². The maximum Gasteiger partial charge on any atom is 0.148 e. The van der Waals surface area contributed by atoms with E-state index in [1.54, 1.807) is 0 Å². The number of hydrogen-bond acceptors (Lipinski definition) is 4. The zero-order valence-electron chi connectivity index (χ0n) is 11.4. The highest BCUT2D eigenvalue weighted by Crippen LogP contribution is 2.22. The van der Waals surface area contributed by atoms with Crippen LogP contribution in [0.25, 0.3) is 0 Å². The topological polar surface area (TPSA) is 65.1 Å². The van der Waals surface area contributed by atoms with Crippen LogP contribution in [0.4, 0.5) is 11.5 Å². The SMILES string of the molecule is CCn1nc(C)c(N)c1NCCOC1CCCC1. The van der Waals surface area contributed by atoms with E-state index < -0.39 is 0 Å². The van der Waals surface area contributed by atoms with E-state index in [1.807, 2.05) is 11.6 Å². The van der Waals surface area contributed by atoms with Gasteiger partial charge in [-0.1, -0.05) is 12.8 Å². The molecular formula is C13H24N4O. The molecule has 0 saturated heterocycles. The number of nitrogen functional groups attached to an aromatic ring is 1. The van der Waals surface area contributed by atoms with Crippen molar-refractivity contribution in [3.8, 4) is 0 Å². The molecule has 0 radical (unpaired) electrons. The van der Waals surface area contributed by atoms with Gasteiger partial charge in [0, 0.05) is 13.1 Å². The normalized spacial score (nSPS) is 16.3. The Morgan fingerprint density at radius 2 is 2.17 bits per heavy atom. The predicted octanol–water partition coefficient (Wildman–Crippen LogP) is 2.16. The molecule has 3 N–H and O–H groups in total. The Morgan fingerprint density at radius 3 is 2.83 bits per heavy atom. The first-order valence-electron chi connectivity index (χ1n) is 6.90. The van der Waals surface area contributed by atoms with Crippen molar-refractivity contribution in [2.45, 2.75) is 52.2 Å². The number of anilines is 2. The van der Waals surface area contributed by atoms with Gasteiger partial charge in [0.2, 0.25) is 0 Å². The number of rotatable bonds is 6. The van der Waals surface area contributed by atoms with Gasteiger partial charge in [0.15, 0.2) is 0 Å². The van der Waals surface area contributed by atoms with E-state index in [2.05, 4.69) is 17.3 Å². The summed E-state index contributed by atoms with van der Waals surface area (Å²) in [5, 5.41) is 7.70. The summed E-state index contributed by atoms with van der Waals surface area (Å²) < 4.78 is 7.71. The molecule has 1 aliphatic rings. The van der Waals surface area contributed by atoms with Gasteiger partial charge < -0.3 is 15.8 Å². The lowest BCUT2D eigenvalue weighted by molar-refractivity contribution is 0.0658. The summed E-state index contributed by atoms with van der Waals surface area (Å²) in [5.41, 5.74) is 7.63. The molecular weight excluding hydrogens is 228 g/mol. The van der Waals surface area contributed by atoms with E-state index in [0.29, 0.717) is 6.10 Å². The fourth-order valence-corrected chi connectivity index (χ4v) is 2.46. The third kappa shape index (κ3) is 2.96. The van der Waals surface area contributed by atoms with E-state index in [-0.39, 0.29) is 0 Å².